The number of carbonyl (C=O) groups is 1. The third-order valence-corrected chi connectivity index (χ3v) is 6.11. The molecule has 192 valence electrons. The number of para-hydroxylation sites is 1. The quantitative estimate of drug-likeness (QED) is 0.125. The average Bonchev–Trinajstić information content (AvgIpc) is 3.33. The fourth-order valence-corrected chi connectivity index (χ4v) is 4.04. The molecule has 1 aromatic heterocycles. The lowest BCUT2D eigenvalue weighted by atomic mass is 10.1. The number of hydrogen-bond acceptors (Lipinski definition) is 10. The van der Waals surface area contributed by atoms with Gasteiger partial charge in [0.05, 0.1) is 12.0 Å². The molecule has 12 heteroatoms. The number of hydrogen-bond donors (Lipinski definition) is 1. The van der Waals surface area contributed by atoms with Gasteiger partial charge in [-0.15, -0.1) is 10.2 Å². The molecule has 0 aliphatic heterocycles. The smallest absolute Gasteiger partial charge is 0.315 e. The molecule has 0 atom stereocenters. The minimum Gasteiger partial charge on any atom is -0.493 e. The minimum atomic E-state index is -0.716. The molecule has 2 aromatic carbocycles. The summed E-state index contributed by atoms with van der Waals surface area (Å²) in [5.41, 5.74) is 1.48. The summed E-state index contributed by atoms with van der Waals surface area (Å²) in [5.74, 6) is 0.00213. The Morgan fingerprint density at radius 3 is 2.43 bits per heavy atom. The van der Waals surface area contributed by atoms with Crippen LogP contribution in [-0.4, -0.2) is 41.4 Å². The molecular formula is C25H25N5O6S. The standard InChI is InChI=1S/C25H25N5O6S/c1-5-21-28-29-25(37-21)27-24(31)18(14-26)11-17-12-19(30(32)33)23(20(13-17)34-4)36-10-9-35-22-15(2)7-6-8-16(22)3/h6-8,11-13H,5,9-10H2,1-4H3,(H,27,29,31)/b18-11-. The number of nitriles is 1. The van der Waals surface area contributed by atoms with E-state index >= 15 is 0 Å². The maximum Gasteiger partial charge on any atom is 0.315 e. The van der Waals surface area contributed by atoms with Crippen LogP contribution in [0.4, 0.5) is 10.8 Å². The minimum absolute atomic E-state index is 0.0214. The summed E-state index contributed by atoms with van der Waals surface area (Å²) in [6, 6.07) is 10.2. The highest BCUT2D eigenvalue weighted by Crippen LogP contribution is 2.39. The Balaban J connectivity index is 1.80. The number of rotatable bonds is 11. The first kappa shape index (κ1) is 27.1. The van der Waals surface area contributed by atoms with E-state index < -0.39 is 10.8 Å². The van der Waals surface area contributed by atoms with E-state index in [2.05, 4.69) is 15.5 Å². The van der Waals surface area contributed by atoms with Crippen molar-refractivity contribution in [3.05, 3.63) is 67.7 Å². The van der Waals surface area contributed by atoms with E-state index in [9.17, 15) is 20.2 Å². The number of nitrogens with one attached hydrogen (secondary N) is 1. The Morgan fingerprint density at radius 2 is 1.86 bits per heavy atom. The molecule has 0 fully saturated rings. The topological polar surface area (TPSA) is 150 Å². The summed E-state index contributed by atoms with van der Waals surface area (Å²) in [5, 5.41) is 32.6. The molecule has 0 saturated carbocycles. The summed E-state index contributed by atoms with van der Waals surface area (Å²) in [6.07, 6.45) is 1.88. The zero-order valence-corrected chi connectivity index (χ0v) is 21.5. The van der Waals surface area contributed by atoms with Crippen LogP contribution in [0.1, 0.15) is 28.6 Å². The average molecular weight is 524 g/mol. The number of methoxy groups -OCH3 is 1. The molecule has 1 amide bonds. The normalized spacial score (nSPS) is 10.9. The zero-order chi connectivity index (χ0) is 26.9. The van der Waals surface area contributed by atoms with Gasteiger partial charge in [0.15, 0.2) is 5.75 Å². The number of amides is 1. The summed E-state index contributed by atoms with van der Waals surface area (Å²) in [7, 11) is 1.34. The predicted octanol–water partition coefficient (Wildman–Crippen LogP) is 4.64. The van der Waals surface area contributed by atoms with Gasteiger partial charge in [-0.05, 0) is 49.1 Å². The first-order chi connectivity index (χ1) is 17.8. The summed E-state index contributed by atoms with van der Waals surface area (Å²) < 4.78 is 16.8. The Kier molecular flexibility index (Phi) is 9.12. The Morgan fingerprint density at radius 1 is 1.19 bits per heavy atom. The third kappa shape index (κ3) is 6.80. The SMILES string of the molecule is CCc1nnc(NC(=O)/C(C#N)=C\c2cc(OC)c(OCCOc3c(C)cccc3C)c([N+](=O)[O-])c2)s1. The van der Waals surface area contributed by atoms with Gasteiger partial charge in [0.2, 0.25) is 10.9 Å². The molecule has 11 nitrogen and oxygen atoms in total. The lowest BCUT2D eigenvalue weighted by Crippen LogP contribution is -2.13. The molecule has 0 unspecified atom stereocenters. The molecule has 0 saturated heterocycles. The summed E-state index contributed by atoms with van der Waals surface area (Å²) in [4.78, 5) is 23.7. The second-order valence-electron chi connectivity index (χ2n) is 7.72. The molecule has 37 heavy (non-hydrogen) atoms. The molecule has 1 N–H and O–H groups in total. The second kappa shape index (κ2) is 12.5. The van der Waals surface area contributed by atoms with Crippen LogP contribution in [0.2, 0.25) is 0 Å². The van der Waals surface area contributed by atoms with Crippen molar-refractivity contribution < 1.29 is 23.9 Å². The van der Waals surface area contributed by atoms with Crippen LogP contribution < -0.4 is 19.5 Å². The van der Waals surface area contributed by atoms with Gasteiger partial charge in [-0.25, -0.2) is 0 Å². The third-order valence-electron chi connectivity index (χ3n) is 5.12. The number of aromatic nitrogens is 2. The monoisotopic (exact) mass is 523 g/mol. The first-order valence-electron chi connectivity index (χ1n) is 11.2. The highest BCUT2D eigenvalue weighted by atomic mass is 32.1. The number of ether oxygens (including phenoxy) is 3. The zero-order valence-electron chi connectivity index (χ0n) is 20.7. The van der Waals surface area contributed by atoms with E-state index in [1.165, 1.54) is 36.7 Å². The number of carbonyl (C=O) groups excluding carboxylic acids is 1. The predicted molar refractivity (Wildman–Crippen MR) is 138 cm³/mol. The molecule has 0 spiro atoms. The van der Waals surface area contributed by atoms with E-state index in [1.807, 2.05) is 39.0 Å². The van der Waals surface area contributed by atoms with Crippen LogP contribution in [0.15, 0.2) is 35.9 Å². The van der Waals surface area contributed by atoms with Gasteiger partial charge >= 0.3 is 5.69 Å². The van der Waals surface area contributed by atoms with Crippen molar-refractivity contribution in [2.75, 3.05) is 25.6 Å². The van der Waals surface area contributed by atoms with E-state index in [0.29, 0.717) is 6.42 Å². The maximum atomic E-state index is 12.6. The van der Waals surface area contributed by atoms with Crippen molar-refractivity contribution in [1.29, 1.82) is 5.26 Å². The van der Waals surface area contributed by atoms with Crippen molar-refractivity contribution in [2.24, 2.45) is 0 Å². The highest BCUT2D eigenvalue weighted by Gasteiger charge is 2.23. The molecule has 3 rings (SSSR count). The Labute approximate surface area is 217 Å². The lowest BCUT2D eigenvalue weighted by molar-refractivity contribution is -0.386. The van der Waals surface area contributed by atoms with Gasteiger partial charge in [-0.1, -0.05) is 36.5 Å². The number of benzene rings is 2. The molecule has 3 aromatic rings. The largest absolute Gasteiger partial charge is 0.493 e. The molecule has 1 heterocycles. The van der Waals surface area contributed by atoms with Gasteiger partial charge in [0, 0.05) is 6.07 Å². The first-order valence-corrected chi connectivity index (χ1v) is 12.0. The molecule has 0 aliphatic carbocycles. The van der Waals surface area contributed by atoms with Gasteiger partial charge in [-0.2, -0.15) is 5.26 Å². The van der Waals surface area contributed by atoms with Crippen LogP contribution in [-0.2, 0) is 11.2 Å². The van der Waals surface area contributed by atoms with Crippen molar-refractivity contribution in [2.45, 2.75) is 27.2 Å². The number of nitrogens with zero attached hydrogens (tertiary/aromatic N) is 4. The summed E-state index contributed by atoms with van der Waals surface area (Å²) in [6.45, 7) is 5.93. The number of nitro groups is 1. The Bertz CT molecular complexity index is 1360. The molecular weight excluding hydrogens is 498 g/mol. The van der Waals surface area contributed by atoms with Crippen molar-refractivity contribution in [3.63, 3.8) is 0 Å². The number of anilines is 1. The highest BCUT2D eigenvalue weighted by molar-refractivity contribution is 7.15. The van der Waals surface area contributed by atoms with Crippen LogP contribution >= 0.6 is 11.3 Å². The van der Waals surface area contributed by atoms with Gasteiger partial charge < -0.3 is 14.2 Å². The molecule has 0 radical (unpaired) electrons. The van der Waals surface area contributed by atoms with Crippen LogP contribution in [0.3, 0.4) is 0 Å². The van der Waals surface area contributed by atoms with Crippen molar-refractivity contribution in [3.8, 4) is 23.3 Å². The maximum absolute atomic E-state index is 12.6. The van der Waals surface area contributed by atoms with E-state index in [1.54, 1.807) is 6.07 Å². The fraction of sp³-hybridized carbons (Fsp3) is 0.280. The van der Waals surface area contributed by atoms with Crippen molar-refractivity contribution in [1.82, 2.24) is 10.2 Å². The van der Waals surface area contributed by atoms with Gasteiger partial charge in [-0.3, -0.25) is 20.2 Å². The summed E-state index contributed by atoms with van der Waals surface area (Å²) >= 11 is 1.19. The fourth-order valence-electron chi connectivity index (χ4n) is 3.36. The number of aryl methyl sites for hydroxylation is 3. The number of nitro benzene ring substituents is 1. The van der Waals surface area contributed by atoms with Crippen LogP contribution in [0, 0.1) is 35.3 Å². The Hall–Kier alpha value is -4.50. The lowest BCUT2D eigenvalue weighted by Gasteiger charge is -2.14. The molecule has 0 bridgehead atoms. The van der Waals surface area contributed by atoms with Crippen LogP contribution in [0.25, 0.3) is 6.08 Å². The van der Waals surface area contributed by atoms with Crippen molar-refractivity contribution >= 4 is 34.1 Å². The van der Waals surface area contributed by atoms with E-state index in [4.69, 9.17) is 14.2 Å². The van der Waals surface area contributed by atoms with Gasteiger partial charge in [0.25, 0.3) is 5.91 Å². The van der Waals surface area contributed by atoms with E-state index in [0.717, 1.165) is 21.9 Å². The van der Waals surface area contributed by atoms with Crippen LogP contribution in [0.5, 0.6) is 17.2 Å². The molecule has 0 aliphatic rings. The van der Waals surface area contributed by atoms with E-state index in [-0.39, 0.29) is 46.7 Å². The second-order valence-corrected chi connectivity index (χ2v) is 8.79. The van der Waals surface area contributed by atoms with Gasteiger partial charge in [0.1, 0.15) is 35.6 Å².